The average molecular weight is 502 g/mol. The van der Waals surface area contributed by atoms with Crippen LogP contribution in [0.5, 0.6) is 0 Å². The van der Waals surface area contributed by atoms with Crippen molar-refractivity contribution in [3.8, 4) is 11.1 Å². The summed E-state index contributed by atoms with van der Waals surface area (Å²) in [7, 11) is 0. The van der Waals surface area contributed by atoms with E-state index in [9.17, 15) is 19.5 Å². The number of hydrogen-bond acceptors (Lipinski definition) is 6. The molecule has 3 amide bonds. The van der Waals surface area contributed by atoms with Gasteiger partial charge in [0.25, 0.3) is 0 Å². The Morgan fingerprint density at radius 1 is 1.22 bits per heavy atom. The van der Waals surface area contributed by atoms with E-state index < -0.39 is 29.7 Å². The fraction of sp³-hybridized carbons (Fsp3) is 0.423. The second-order valence-corrected chi connectivity index (χ2v) is 9.54. The van der Waals surface area contributed by atoms with E-state index in [1.165, 1.54) is 22.8 Å². The third-order valence-corrected chi connectivity index (χ3v) is 5.38. The number of nitrogens with zero attached hydrogens (tertiary/aromatic N) is 2. The van der Waals surface area contributed by atoms with Gasteiger partial charge in [0.1, 0.15) is 17.5 Å². The Bertz CT molecular complexity index is 1100. The predicted octanol–water partition coefficient (Wildman–Crippen LogP) is 3.68. The minimum atomic E-state index is -0.656. The molecule has 1 atom stereocenters. The third kappa shape index (κ3) is 7.17. The molecule has 0 aliphatic carbocycles. The number of cyclic esters (lactones) is 1. The summed E-state index contributed by atoms with van der Waals surface area (Å²) in [5, 5.41) is 11.9. The number of ether oxygens (including phenoxy) is 2. The minimum Gasteiger partial charge on any atom is -0.444 e. The molecule has 1 aliphatic heterocycles. The van der Waals surface area contributed by atoms with Crippen molar-refractivity contribution in [2.75, 3.05) is 31.1 Å². The molecule has 1 saturated heterocycles. The van der Waals surface area contributed by atoms with Crippen molar-refractivity contribution >= 4 is 23.8 Å². The quantitative estimate of drug-likeness (QED) is 0.571. The number of carbonyl (C=O) groups is 3. The van der Waals surface area contributed by atoms with E-state index >= 15 is 4.39 Å². The summed E-state index contributed by atoms with van der Waals surface area (Å²) in [5.74, 6) is -0.731. The summed E-state index contributed by atoms with van der Waals surface area (Å²) >= 11 is 0. The molecule has 36 heavy (non-hydrogen) atoms. The summed E-state index contributed by atoms with van der Waals surface area (Å²) in [6.45, 7) is 7.23. The van der Waals surface area contributed by atoms with E-state index in [0.717, 1.165) is 5.56 Å². The molecule has 194 valence electrons. The Labute approximate surface area is 209 Å². The van der Waals surface area contributed by atoms with Crippen LogP contribution in [0.25, 0.3) is 11.1 Å². The zero-order chi connectivity index (χ0) is 26.5. The van der Waals surface area contributed by atoms with Crippen LogP contribution in [0.15, 0.2) is 42.5 Å². The maximum Gasteiger partial charge on any atom is 0.414 e. The van der Waals surface area contributed by atoms with E-state index in [4.69, 9.17) is 9.47 Å². The van der Waals surface area contributed by atoms with Crippen LogP contribution in [-0.2, 0) is 20.8 Å². The molecule has 0 saturated carbocycles. The van der Waals surface area contributed by atoms with Crippen LogP contribution in [0.2, 0.25) is 0 Å². The van der Waals surface area contributed by atoms with Crippen LogP contribution in [0, 0.1) is 5.82 Å². The molecule has 1 unspecified atom stereocenters. The van der Waals surface area contributed by atoms with Gasteiger partial charge in [0.15, 0.2) is 0 Å². The van der Waals surface area contributed by atoms with Crippen LogP contribution in [0.1, 0.15) is 33.3 Å². The minimum absolute atomic E-state index is 0.122. The molecule has 1 aliphatic rings. The Morgan fingerprint density at radius 2 is 1.92 bits per heavy atom. The molecule has 0 spiro atoms. The van der Waals surface area contributed by atoms with Gasteiger partial charge in [-0.05, 0) is 50.1 Å². The first kappa shape index (κ1) is 26.9. The summed E-state index contributed by atoms with van der Waals surface area (Å²) < 4.78 is 25.6. The zero-order valence-corrected chi connectivity index (χ0v) is 20.9. The van der Waals surface area contributed by atoms with Crippen LogP contribution in [0.3, 0.4) is 0 Å². The Hall–Kier alpha value is -3.66. The summed E-state index contributed by atoms with van der Waals surface area (Å²) in [4.78, 5) is 38.5. The highest BCUT2D eigenvalue weighted by Gasteiger charge is 2.32. The van der Waals surface area contributed by atoms with Crippen molar-refractivity contribution in [2.24, 2.45) is 0 Å². The van der Waals surface area contributed by atoms with E-state index in [-0.39, 0.29) is 38.7 Å². The summed E-state index contributed by atoms with van der Waals surface area (Å²) in [6, 6.07) is 11.5. The van der Waals surface area contributed by atoms with Gasteiger partial charge in [0.2, 0.25) is 5.91 Å². The fourth-order valence-corrected chi connectivity index (χ4v) is 3.69. The topological polar surface area (TPSA) is 108 Å². The van der Waals surface area contributed by atoms with Gasteiger partial charge < -0.3 is 24.8 Å². The molecule has 2 aromatic rings. The van der Waals surface area contributed by atoms with Crippen LogP contribution < -0.4 is 10.2 Å². The molecule has 9 nitrogen and oxygen atoms in total. The largest absolute Gasteiger partial charge is 0.444 e. The lowest BCUT2D eigenvalue weighted by molar-refractivity contribution is -0.119. The molecular formula is C26H32FN3O6. The Kier molecular flexibility index (Phi) is 8.52. The molecule has 2 N–H and O–H groups in total. The second kappa shape index (κ2) is 11.4. The van der Waals surface area contributed by atoms with Crippen molar-refractivity contribution in [3.63, 3.8) is 0 Å². The smallest absolute Gasteiger partial charge is 0.414 e. The molecule has 2 aromatic carbocycles. The number of nitrogens with one attached hydrogen (secondary N) is 1. The number of anilines is 1. The summed E-state index contributed by atoms with van der Waals surface area (Å²) in [5.41, 5.74) is 1.48. The van der Waals surface area contributed by atoms with Gasteiger partial charge in [0.05, 0.1) is 25.4 Å². The number of benzene rings is 2. The van der Waals surface area contributed by atoms with Crippen molar-refractivity contribution in [1.82, 2.24) is 10.2 Å². The fourth-order valence-electron chi connectivity index (χ4n) is 3.69. The van der Waals surface area contributed by atoms with Crippen LogP contribution in [-0.4, -0.2) is 66.0 Å². The number of aliphatic hydroxyl groups is 1. The maximum absolute atomic E-state index is 15.0. The number of halogens is 1. The van der Waals surface area contributed by atoms with E-state index in [1.807, 2.05) is 0 Å². The van der Waals surface area contributed by atoms with E-state index in [0.29, 0.717) is 16.8 Å². The molecule has 0 radical (unpaired) electrons. The Balaban J connectivity index is 1.69. The monoisotopic (exact) mass is 501 g/mol. The Morgan fingerprint density at radius 3 is 2.50 bits per heavy atom. The molecular weight excluding hydrogens is 469 g/mol. The van der Waals surface area contributed by atoms with E-state index in [2.05, 4.69) is 5.32 Å². The lowest BCUT2D eigenvalue weighted by atomic mass is 10.0. The highest BCUT2D eigenvalue weighted by Crippen LogP contribution is 2.29. The highest BCUT2D eigenvalue weighted by molar-refractivity contribution is 5.90. The van der Waals surface area contributed by atoms with Crippen molar-refractivity contribution in [3.05, 3.63) is 53.8 Å². The van der Waals surface area contributed by atoms with Crippen molar-refractivity contribution in [1.29, 1.82) is 0 Å². The first-order chi connectivity index (χ1) is 17.0. The van der Waals surface area contributed by atoms with Gasteiger partial charge in [-0.2, -0.15) is 0 Å². The first-order valence-electron chi connectivity index (χ1n) is 11.7. The number of aliphatic hydroxyl groups excluding tert-OH is 1. The molecule has 0 bridgehead atoms. The summed E-state index contributed by atoms with van der Waals surface area (Å²) in [6.07, 6.45) is -1.64. The second-order valence-electron chi connectivity index (χ2n) is 9.54. The van der Waals surface area contributed by atoms with Gasteiger partial charge in [-0.1, -0.05) is 24.3 Å². The van der Waals surface area contributed by atoms with Gasteiger partial charge in [0, 0.05) is 25.6 Å². The van der Waals surface area contributed by atoms with Crippen molar-refractivity contribution < 1.29 is 33.4 Å². The van der Waals surface area contributed by atoms with Crippen LogP contribution >= 0.6 is 0 Å². The van der Waals surface area contributed by atoms with Gasteiger partial charge in [-0.15, -0.1) is 0 Å². The van der Waals surface area contributed by atoms with Gasteiger partial charge in [-0.25, -0.2) is 14.0 Å². The molecule has 3 rings (SSSR count). The number of carbonyl (C=O) groups excluding carboxylic acids is 3. The van der Waals surface area contributed by atoms with Gasteiger partial charge >= 0.3 is 12.2 Å². The standard InChI is InChI=1S/C26H32FN3O6/c1-17(32)28-14-21-16-30(25(34)35-21)20-9-10-22(23(27)13-20)19-7-5-18(6-8-19)15-29(11-12-31)24(33)36-26(2,3)4/h5-10,13,21,31H,11-12,14-16H2,1-4H3,(H,28,32). The number of amides is 3. The average Bonchev–Trinajstić information content (AvgIpc) is 3.17. The maximum atomic E-state index is 15.0. The van der Waals surface area contributed by atoms with Crippen molar-refractivity contribution in [2.45, 2.75) is 45.9 Å². The number of rotatable bonds is 8. The number of hydrogen-bond donors (Lipinski definition) is 2. The zero-order valence-electron chi connectivity index (χ0n) is 20.9. The highest BCUT2D eigenvalue weighted by atomic mass is 19.1. The molecule has 10 heteroatoms. The molecule has 1 fully saturated rings. The molecule has 0 aromatic heterocycles. The van der Waals surface area contributed by atoms with Gasteiger partial charge in [-0.3, -0.25) is 9.69 Å². The van der Waals surface area contributed by atoms with Crippen LogP contribution in [0.4, 0.5) is 19.7 Å². The third-order valence-electron chi connectivity index (χ3n) is 5.38. The lowest BCUT2D eigenvalue weighted by Crippen LogP contribution is -2.38. The first-order valence-corrected chi connectivity index (χ1v) is 11.7. The lowest BCUT2D eigenvalue weighted by Gasteiger charge is -2.27. The molecule has 1 heterocycles. The van der Waals surface area contributed by atoms with E-state index in [1.54, 1.807) is 57.2 Å². The predicted molar refractivity (Wildman–Crippen MR) is 132 cm³/mol. The normalized spacial score (nSPS) is 15.4. The SMILES string of the molecule is CC(=O)NCC1CN(c2ccc(-c3ccc(CN(CCO)C(=O)OC(C)(C)C)cc3)c(F)c2)C(=O)O1.